The van der Waals surface area contributed by atoms with Crippen LogP contribution in [0.1, 0.15) is 12.8 Å². The van der Waals surface area contributed by atoms with Crippen molar-refractivity contribution in [3.63, 3.8) is 0 Å². The molecule has 0 aromatic heterocycles. The Hall–Kier alpha value is -0.340. The van der Waals surface area contributed by atoms with Crippen molar-refractivity contribution in [1.82, 2.24) is 0 Å². The Morgan fingerprint density at radius 1 is 0.652 bits per heavy atom. The lowest BCUT2D eigenvalue weighted by atomic mass is 9.63. The van der Waals surface area contributed by atoms with Gasteiger partial charge in [-0.1, -0.05) is 12.2 Å². The molecule has 7 saturated carbocycles. The van der Waals surface area contributed by atoms with E-state index in [1.807, 2.05) is 0 Å². The summed E-state index contributed by atoms with van der Waals surface area (Å²) in [6, 6.07) is 0. The van der Waals surface area contributed by atoms with E-state index in [9.17, 15) is 10.2 Å². The number of hydrogen-bond acceptors (Lipinski definition) is 2. The molecule has 122 valence electrons. The minimum atomic E-state index is -0.145. The van der Waals surface area contributed by atoms with Crippen molar-refractivity contribution < 1.29 is 10.2 Å². The minimum absolute atomic E-state index is 0.145. The van der Waals surface area contributed by atoms with Crippen LogP contribution in [0, 0.1) is 88.3 Å². The second-order valence-electron chi connectivity index (χ2n) is 10.7. The molecular weight excluding hydrogens is 284 g/mol. The Morgan fingerprint density at radius 2 is 1.30 bits per heavy atom. The summed E-state index contributed by atoms with van der Waals surface area (Å²) in [5.74, 6) is 12.4. The molecule has 0 amide bonds. The molecule has 2 heteroatoms. The number of rotatable bonds is 2. The largest absolute Gasteiger partial charge is 0.396 e. The highest BCUT2D eigenvalue weighted by molar-refractivity contribution is 5.37. The highest BCUT2D eigenvalue weighted by atomic mass is 16.3. The standard InChI is InChI=1S/C21H26O2/c22-5-21(6-23)19-9-3-1-7-11-8-2-4-10-13(8)16-14(11)15(12(7)9)17(19)18(16)20(10)21/h1,3,7-20,22-23H,2,4-6H2/t7-,8-,9+,10+,11-,12-,13+,14-,15+,16-,17+,18+,19+,20+/m0/s1. The van der Waals surface area contributed by atoms with Crippen LogP contribution in [0.3, 0.4) is 0 Å². The first-order chi connectivity index (χ1) is 11.3. The highest BCUT2D eigenvalue weighted by Gasteiger charge is 2.87. The van der Waals surface area contributed by atoms with E-state index in [0.29, 0.717) is 17.8 Å². The number of aliphatic hydroxyl groups is 2. The summed E-state index contributed by atoms with van der Waals surface area (Å²) in [6.45, 7) is 0.490. The van der Waals surface area contributed by atoms with E-state index in [-0.39, 0.29) is 18.6 Å². The van der Waals surface area contributed by atoms with Crippen molar-refractivity contribution in [2.45, 2.75) is 12.8 Å². The molecule has 8 aliphatic carbocycles. The second-order valence-corrected chi connectivity index (χ2v) is 10.7. The highest BCUT2D eigenvalue weighted by Crippen LogP contribution is 2.89. The molecule has 0 bridgehead atoms. The first kappa shape index (κ1) is 12.1. The summed E-state index contributed by atoms with van der Waals surface area (Å²) in [5.41, 5.74) is -0.145. The summed E-state index contributed by atoms with van der Waals surface area (Å²) < 4.78 is 0. The SMILES string of the molecule is OCC1(CO)[C@@H]2[C@@H]3C=C[C@@H]4[C@@H]3[C@@H]3[C@H]5[C@@H]6[C@@H]7[C@@H](CC[C@H]7[C@@H]1[C@H]6[C@@H]32)[C@H]45. The fourth-order valence-electron chi connectivity index (χ4n) is 12.0. The third-order valence-corrected chi connectivity index (χ3v) is 11.4. The Morgan fingerprint density at radius 3 is 2.13 bits per heavy atom. The molecule has 0 unspecified atom stereocenters. The fraction of sp³-hybridized carbons (Fsp3) is 0.905. The quantitative estimate of drug-likeness (QED) is 0.766. The smallest absolute Gasteiger partial charge is 0.0515 e. The van der Waals surface area contributed by atoms with E-state index in [1.54, 1.807) is 0 Å². The molecule has 8 aliphatic rings. The van der Waals surface area contributed by atoms with Gasteiger partial charge in [-0.3, -0.25) is 0 Å². The van der Waals surface area contributed by atoms with Gasteiger partial charge in [-0.2, -0.15) is 0 Å². The van der Waals surface area contributed by atoms with E-state index in [1.165, 1.54) is 12.8 Å². The molecular formula is C21H26O2. The van der Waals surface area contributed by atoms with E-state index >= 15 is 0 Å². The number of aliphatic hydroxyl groups excluding tert-OH is 2. The molecule has 8 rings (SSSR count). The first-order valence-electron chi connectivity index (χ1n) is 10.2. The summed E-state index contributed by atoms with van der Waals surface area (Å²) in [5, 5.41) is 21.1. The maximum atomic E-state index is 10.6. The third-order valence-electron chi connectivity index (χ3n) is 11.4. The maximum absolute atomic E-state index is 10.6. The molecule has 23 heavy (non-hydrogen) atoms. The van der Waals surface area contributed by atoms with Gasteiger partial charge in [0, 0.05) is 5.41 Å². The van der Waals surface area contributed by atoms with E-state index in [4.69, 9.17) is 0 Å². The van der Waals surface area contributed by atoms with Crippen LogP contribution in [0.4, 0.5) is 0 Å². The molecule has 7 fully saturated rings. The first-order valence-corrected chi connectivity index (χ1v) is 10.2. The number of allylic oxidation sites excluding steroid dienone is 2. The molecule has 0 heterocycles. The van der Waals surface area contributed by atoms with Crippen LogP contribution in [0.15, 0.2) is 12.2 Å². The third kappa shape index (κ3) is 0.843. The van der Waals surface area contributed by atoms with Crippen molar-refractivity contribution in [2.24, 2.45) is 88.3 Å². The molecule has 2 N–H and O–H groups in total. The summed E-state index contributed by atoms with van der Waals surface area (Å²) in [6.07, 6.45) is 8.06. The molecule has 0 radical (unpaired) electrons. The van der Waals surface area contributed by atoms with Gasteiger partial charge in [0.15, 0.2) is 0 Å². The molecule has 0 saturated heterocycles. The Balaban J connectivity index is 1.48. The van der Waals surface area contributed by atoms with Crippen molar-refractivity contribution in [3.8, 4) is 0 Å². The maximum Gasteiger partial charge on any atom is 0.0515 e. The van der Waals surface area contributed by atoms with Gasteiger partial charge in [0.25, 0.3) is 0 Å². The van der Waals surface area contributed by atoms with Crippen LogP contribution in [-0.2, 0) is 0 Å². The van der Waals surface area contributed by atoms with Gasteiger partial charge in [-0.25, -0.2) is 0 Å². The lowest BCUT2D eigenvalue weighted by molar-refractivity contribution is -0.0487. The van der Waals surface area contributed by atoms with Crippen molar-refractivity contribution in [3.05, 3.63) is 12.2 Å². The van der Waals surface area contributed by atoms with Crippen LogP contribution >= 0.6 is 0 Å². The predicted molar refractivity (Wildman–Crippen MR) is 83.8 cm³/mol. The lowest BCUT2D eigenvalue weighted by Gasteiger charge is -2.43. The van der Waals surface area contributed by atoms with Gasteiger partial charge in [0.05, 0.1) is 13.2 Å². The minimum Gasteiger partial charge on any atom is -0.396 e. The zero-order valence-corrected chi connectivity index (χ0v) is 13.5. The van der Waals surface area contributed by atoms with Gasteiger partial charge in [0.2, 0.25) is 0 Å². The van der Waals surface area contributed by atoms with Gasteiger partial charge in [-0.05, 0) is 95.7 Å². The molecule has 2 nitrogen and oxygen atoms in total. The summed E-state index contributed by atoms with van der Waals surface area (Å²) >= 11 is 0. The van der Waals surface area contributed by atoms with E-state index < -0.39 is 0 Å². The fourth-order valence-corrected chi connectivity index (χ4v) is 12.0. The van der Waals surface area contributed by atoms with Crippen LogP contribution < -0.4 is 0 Å². The number of fused-ring (bicyclic) bond motifs is 4. The summed E-state index contributed by atoms with van der Waals surface area (Å²) in [4.78, 5) is 0. The zero-order valence-electron chi connectivity index (χ0n) is 13.5. The van der Waals surface area contributed by atoms with Crippen molar-refractivity contribution >= 4 is 0 Å². The van der Waals surface area contributed by atoms with Crippen LogP contribution in [0.2, 0.25) is 0 Å². The van der Waals surface area contributed by atoms with Gasteiger partial charge in [0.1, 0.15) is 0 Å². The second kappa shape index (κ2) is 3.21. The summed E-state index contributed by atoms with van der Waals surface area (Å²) in [7, 11) is 0. The molecule has 0 aromatic rings. The normalized spacial score (nSPS) is 74.7. The van der Waals surface area contributed by atoms with Crippen LogP contribution in [0.5, 0.6) is 0 Å². The average Bonchev–Trinajstić information content (AvgIpc) is 3.28. The molecule has 14 atom stereocenters. The van der Waals surface area contributed by atoms with Gasteiger partial charge < -0.3 is 10.2 Å². The van der Waals surface area contributed by atoms with Crippen LogP contribution in [0.25, 0.3) is 0 Å². The van der Waals surface area contributed by atoms with E-state index in [2.05, 4.69) is 12.2 Å². The Bertz CT molecular complexity index is 665. The number of hydrogen-bond donors (Lipinski definition) is 2. The molecule has 0 aliphatic heterocycles. The lowest BCUT2D eigenvalue weighted by Crippen LogP contribution is -2.45. The Labute approximate surface area is 137 Å². The van der Waals surface area contributed by atoms with Gasteiger partial charge in [-0.15, -0.1) is 0 Å². The van der Waals surface area contributed by atoms with Crippen molar-refractivity contribution in [2.75, 3.05) is 13.2 Å². The molecule has 0 aromatic carbocycles. The van der Waals surface area contributed by atoms with Crippen LogP contribution in [-0.4, -0.2) is 23.4 Å². The van der Waals surface area contributed by atoms with Crippen molar-refractivity contribution in [1.29, 1.82) is 0 Å². The van der Waals surface area contributed by atoms with E-state index in [0.717, 1.165) is 65.1 Å². The predicted octanol–water partition coefficient (Wildman–Crippen LogP) is 2.03. The van der Waals surface area contributed by atoms with Gasteiger partial charge >= 0.3 is 0 Å². The molecule has 0 spiro atoms. The topological polar surface area (TPSA) is 40.5 Å². The monoisotopic (exact) mass is 310 g/mol. The zero-order chi connectivity index (χ0) is 14.8. The average molecular weight is 310 g/mol. The Kier molecular flexibility index (Phi) is 1.69.